The minimum atomic E-state index is -0.0533. The smallest absolute Gasteiger partial charge is 0.0726 e. The van der Waals surface area contributed by atoms with E-state index in [9.17, 15) is 0 Å². The first-order chi connectivity index (χ1) is 5.99. The summed E-state index contributed by atoms with van der Waals surface area (Å²) in [6.45, 7) is 9.04. The van der Waals surface area contributed by atoms with E-state index in [1.165, 1.54) is 11.1 Å². The summed E-state index contributed by atoms with van der Waals surface area (Å²) >= 11 is 0. The van der Waals surface area contributed by atoms with Crippen LogP contribution in [0, 0.1) is 6.92 Å². The van der Waals surface area contributed by atoms with Crippen molar-refractivity contribution in [1.82, 2.24) is 0 Å². The number of aryl methyl sites for hydroxylation is 1. The van der Waals surface area contributed by atoms with E-state index in [2.05, 4.69) is 45.9 Å². The number of hydrogen-bond acceptors (Lipinski definition) is 1. The summed E-state index contributed by atoms with van der Waals surface area (Å²) in [7, 11) is 0. The van der Waals surface area contributed by atoms with Crippen LogP contribution in [0.5, 0.6) is 0 Å². The van der Waals surface area contributed by atoms with Gasteiger partial charge in [0.2, 0.25) is 0 Å². The Morgan fingerprint density at radius 3 is 2.31 bits per heavy atom. The van der Waals surface area contributed by atoms with Gasteiger partial charge in [0.1, 0.15) is 0 Å². The van der Waals surface area contributed by atoms with Crippen molar-refractivity contribution in [1.29, 1.82) is 0 Å². The van der Waals surface area contributed by atoms with Crippen molar-refractivity contribution in [2.75, 3.05) is 0 Å². The van der Waals surface area contributed by atoms with Gasteiger partial charge in [-0.15, -0.1) is 0 Å². The van der Waals surface area contributed by atoms with Gasteiger partial charge in [0.15, 0.2) is 0 Å². The molecule has 0 spiro atoms. The Morgan fingerprint density at radius 1 is 1.15 bits per heavy atom. The van der Waals surface area contributed by atoms with E-state index in [4.69, 9.17) is 4.74 Å². The second-order valence-electron chi connectivity index (χ2n) is 4.33. The van der Waals surface area contributed by atoms with Crippen LogP contribution in [0.4, 0.5) is 0 Å². The lowest BCUT2D eigenvalue weighted by Gasteiger charge is -2.20. The van der Waals surface area contributed by atoms with Crippen LogP contribution in [0.1, 0.15) is 31.9 Å². The van der Waals surface area contributed by atoms with Gasteiger partial charge >= 0.3 is 0 Å². The highest BCUT2D eigenvalue weighted by Gasteiger charge is 2.10. The summed E-state index contributed by atoms with van der Waals surface area (Å²) in [5, 5.41) is 0. The molecule has 1 nitrogen and oxygen atoms in total. The van der Waals surface area contributed by atoms with Crippen molar-refractivity contribution in [2.45, 2.75) is 39.9 Å². The summed E-state index contributed by atoms with van der Waals surface area (Å²) in [6.07, 6.45) is 0. The Balaban J connectivity index is 2.60. The van der Waals surface area contributed by atoms with Crippen LogP contribution in [0.25, 0.3) is 0 Å². The molecular formula is C12H18O. The fourth-order valence-corrected chi connectivity index (χ4v) is 1.07. The highest BCUT2D eigenvalue weighted by atomic mass is 16.5. The Bertz CT molecular complexity index is 271. The maximum absolute atomic E-state index is 5.70. The van der Waals surface area contributed by atoms with E-state index >= 15 is 0 Å². The summed E-state index contributed by atoms with van der Waals surface area (Å²) in [5.74, 6) is 0. The summed E-state index contributed by atoms with van der Waals surface area (Å²) in [6, 6.07) is 8.33. The first kappa shape index (κ1) is 10.3. The zero-order valence-electron chi connectivity index (χ0n) is 8.92. The first-order valence-corrected chi connectivity index (χ1v) is 4.67. The van der Waals surface area contributed by atoms with Crippen LogP contribution in [0.15, 0.2) is 24.3 Å². The molecule has 1 rings (SSSR count). The number of benzene rings is 1. The molecule has 0 saturated heterocycles. The van der Waals surface area contributed by atoms with Crippen molar-refractivity contribution in [2.24, 2.45) is 0 Å². The molecule has 0 aliphatic heterocycles. The zero-order chi connectivity index (χ0) is 9.90. The maximum atomic E-state index is 5.70. The first-order valence-electron chi connectivity index (χ1n) is 4.67. The Kier molecular flexibility index (Phi) is 3.10. The number of rotatable bonds is 2. The molecule has 0 fully saturated rings. The quantitative estimate of drug-likeness (QED) is 0.675. The molecule has 0 saturated carbocycles. The van der Waals surface area contributed by atoms with Gasteiger partial charge in [-0.25, -0.2) is 0 Å². The average molecular weight is 178 g/mol. The Hall–Kier alpha value is -0.820. The molecule has 0 radical (unpaired) electrons. The Morgan fingerprint density at radius 2 is 1.77 bits per heavy atom. The summed E-state index contributed by atoms with van der Waals surface area (Å²) < 4.78 is 5.70. The maximum Gasteiger partial charge on any atom is 0.0726 e. The minimum Gasteiger partial charge on any atom is -0.371 e. The molecular weight excluding hydrogens is 160 g/mol. The molecule has 0 unspecified atom stereocenters. The van der Waals surface area contributed by atoms with Crippen LogP contribution in [0.2, 0.25) is 0 Å². The van der Waals surface area contributed by atoms with Gasteiger partial charge in [-0.3, -0.25) is 0 Å². The van der Waals surface area contributed by atoms with Crippen LogP contribution >= 0.6 is 0 Å². The minimum absolute atomic E-state index is 0.0533. The largest absolute Gasteiger partial charge is 0.371 e. The van der Waals surface area contributed by atoms with Gasteiger partial charge in [0, 0.05) is 0 Å². The van der Waals surface area contributed by atoms with Crippen LogP contribution in [-0.4, -0.2) is 5.60 Å². The lowest BCUT2D eigenvalue weighted by Crippen LogP contribution is -2.18. The molecule has 1 aromatic rings. The van der Waals surface area contributed by atoms with E-state index in [0.717, 1.165) is 0 Å². The van der Waals surface area contributed by atoms with Gasteiger partial charge < -0.3 is 4.74 Å². The van der Waals surface area contributed by atoms with E-state index in [0.29, 0.717) is 6.61 Å². The standard InChI is InChI=1S/C12H18O/c1-10-7-5-6-8-11(10)9-13-12(2,3)4/h5-8H,9H2,1-4H3. The molecule has 0 bridgehead atoms. The fourth-order valence-electron chi connectivity index (χ4n) is 1.07. The molecule has 0 aromatic heterocycles. The van der Waals surface area contributed by atoms with Crippen molar-refractivity contribution < 1.29 is 4.74 Å². The van der Waals surface area contributed by atoms with Gasteiger partial charge in [-0.1, -0.05) is 24.3 Å². The van der Waals surface area contributed by atoms with Gasteiger partial charge in [0.25, 0.3) is 0 Å². The zero-order valence-corrected chi connectivity index (χ0v) is 8.92. The molecule has 0 aliphatic carbocycles. The lowest BCUT2D eigenvalue weighted by atomic mass is 10.1. The normalized spacial score (nSPS) is 11.7. The van der Waals surface area contributed by atoms with Gasteiger partial charge in [-0.2, -0.15) is 0 Å². The molecule has 13 heavy (non-hydrogen) atoms. The third-order valence-corrected chi connectivity index (χ3v) is 1.92. The third-order valence-electron chi connectivity index (χ3n) is 1.92. The monoisotopic (exact) mass is 178 g/mol. The van der Waals surface area contributed by atoms with Crippen molar-refractivity contribution in [3.8, 4) is 0 Å². The molecule has 0 heterocycles. The van der Waals surface area contributed by atoms with E-state index in [-0.39, 0.29) is 5.60 Å². The molecule has 0 aliphatic rings. The number of ether oxygens (including phenoxy) is 1. The van der Waals surface area contributed by atoms with E-state index in [1.54, 1.807) is 0 Å². The van der Waals surface area contributed by atoms with E-state index < -0.39 is 0 Å². The van der Waals surface area contributed by atoms with Crippen molar-refractivity contribution in [3.05, 3.63) is 35.4 Å². The SMILES string of the molecule is Cc1ccccc1COC(C)(C)C. The molecule has 72 valence electrons. The topological polar surface area (TPSA) is 9.23 Å². The van der Waals surface area contributed by atoms with Gasteiger partial charge in [0.05, 0.1) is 12.2 Å². The third kappa shape index (κ3) is 3.60. The van der Waals surface area contributed by atoms with Crippen molar-refractivity contribution in [3.63, 3.8) is 0 Å². The Labute approximate surface area is 80.7 Å². The second kappa shape index (κ2) is 3.93. The highest BCUT2D eigenvalue weighted by molar-refractivity contribution is 5.24. The molecule has 0 atom stereocenters. The predicted octanol–water partition coefficient (Wildman–Crippen LogP) is 3.31. The molecule has 1 heteroatoms. The van der Waals surface area contributed by atoms with Crippen LogP contribution in [0.3, 0.4) is 0 Å². The lowest BCUT2D eigenvalue weighted by molar-refractivity contribution is -0.0151. The van der Waals surface area contributed by atoms with Crippen LogP contribution < -0.4 is 0 Å². The number of hydrogen-bond donors (Lipinski definition) is 0. The second-order valence-corrected chi connectivity index (χ2v) is 4.33. The van der Waals surface area contributed by atoms with Crippen molar-refractivity contribution >= 4 is 0 Å². The van der Waals surface area contributed by atoms with E-state index in [1.807, 2.05) is 6.07 Å². The summed E-state index contributed by atoms with van der Waals surface area (Å²) in [5.41, 5.74) is 2.52. The van der Waals surface area contributed by atoms with Crippen LogP contribution in [-0.2, 0) is 11.3 Å². The fraction of sp³-hybridized carbons (Fsp3) is 0.500. The van der Waals surface area contributed by atoms with Gasteiger partial charge in [-0.05, 0) is 38.8 Å². The molecule has 1 aromatic carbocycles. The molecule has 0 amide bonds. The summed E-state index contributed by atoms with van der Waals surface area (Å²) in [4.78, 5) is 0. The molecule has 0 N–H and O–H groups in total. The highest BCUT2D eigenvalue weighted by Crippen LogP contribution is 2.14. The predicted molar refractivity (Wildman–Crippen MR) is 55.7 cm³/mol. The average Bonchev–Trinajstić information content (AvgIpc) is 2.01.